The van der Waals surface area contributed by atoms with E-state index in [0.29, 0.717) is 19.5 Å². The lowest BCUT2D eigenvalue weighted by Gasteiger charge is -2.26. The van der Waals surface area contributed by atoms with E-state index in [1.165, 1.54) is 16.8 Å². The highest BCUT2D eigenvalue weighted by Gasteiger charge is 2.24. The zero-order valence-corrected chi connectivity index (χ0v) is 16.1. The minimum Gasteiger partial charge on any atom is -0.378 e. The Labute approximate surface area is 160 Å². The molecule has 1 heterocycles. The number of amides is 1. The summed E-state index contributed by atoms with van der Waals surface area (Å²) in [6, 6.07) is 16.4. The van der Waals surface area contributed by atoms with E-state index in [-0.39, 0.29) is 11.8 Å². The van der Waals surface area contributed by atoms with Crippen LogP contribution in [0.3, 0.4) is 0 Å². The van der Waals surface area contributed by atoms with Gasteiger partial charge in [-0.25, -0.2) is 0 Å². The number of hydrogen-bond acceptors (Lipinski definition) is 3. The van der Waals surface area contributed by atoms with Gasteiger partial charge < -0.3 is 20.9 Å². The van der Waals surface area contributed by atoms with Gasteiger partial charge >= 0.3 is 0 Å². The van der Waals surface area contributed by atoms with Crippen LogP contribution in [-0.2, 0) is 11.3 Å². The fourth-order valence-corrected chi connectivity index (χ4v) is 3.22. The summed E-state index contributed by atoms with van der Waals surface area (Å²) in [5, 5.41) is 9.62. The summed E-state index contributed by atoms with van der Waals surface area (Å²) in [7, 11) is 5.82. The molecule has 0 bridgehead atoms. The predicted molar refractivity (Wildman–Crippen MR) is 111 cm³/mol. The molecule has 1 aliphatic rings. The molecule has 1 unspecified atom stereocenters. The second-order valence-electron chi connectivity index (χ2n) is 6.90. The van der Waals surface area contributed by atoms with Crippen molar-refractivity contribution in [3.63, 3.8) is 0 Å². The lowest BCUT2D eigenvalue weighted by molar-refractivity contribution is -0.116. The van der Waals surface area contributed by atoms with Crippen molar-refractivity contribution in [1.82, 2.24) is 10.6 Å². The number of carbonyl (C=O) groups excluding carboxylic acids is 1. The van der Waals surface area contributed by atoms with Crippen LogP contribution in [-0.4, -0.2) is 39.6 Å². The molecule has 0 fully saturated rings. The number of nitrogens with one attached hydrogen (secondary N) is 3. The quantitative estimate of drug-likeness (QED) is 0.563. The smallest absolute Gasteiger partial charge is 0.225 e. The zero-order valence-electron chi connectivity index (χ0n) is 16.1. The van der Waals surface area contributed by atoms with E-state index in [1.807, 2.05) is 32.3 Å². The number of nitrogens with zero attached hydrogens (tertiary/aromatic N) is 2. The number of benzene rings is 2. The Bertz CT molecular complexity index is 814. The SMILES string of the molecule is CN=C(NCc1ccc(N(C)C)cc1)NCC1CC(=O)Nc2ccccc21. The van der Waals surface area contributed by atoms with Gasteiger partial charge in [-0.05, 0) is 29.3 Å². The first-order valence-electron chi connectivity index (χ1n) is 9.16. The highest BCUT2D eigenvalue weighted by atomic mass is 16.1. The number of rotatable bonds is 5. The summed E-state index contributed by atoms with van der Waals surface area (Å²) in [6.07, 6.45) is 0.479. The van der Waals surface area contributed by atoms with Gasteiger partial charge in [-0.15, -0.1) is 0 Å². The molecule has 0 radical (unpaired) electrons. The van der Waals surface area contributed by atoms with E-state index in [1.54, 1.807) is 7.05 Å². The first kappa shape index (κ1) is 18.8. The first-order valence-corrected chi connectivity index (χ1v) is 9.16. The van der Waals surface area contributed by atoms with Gasteiger partial charge in [0.25, 0.3) is 0 Å². The third-order valence-corrected chi connectivity index (χ3v) is 4.76. The number of fused-ring (bicyclic) bond motifs is 1. The number of hydrogen-bond donors (Lipinski definition) is 3. The van der Waals surface area contributed by atoms with Gasteiger partial charge in [0, 0.05) is 57.9 Å². The third kappa shape index (κ3) is 4.78. The molecule has 1 amide bonds. The number of guanidine groups is 1. The first-order chi connectivity index (χ1) is 13.1. The molecule has 0 saturated carbocycles. The number of anilines is 2. The van der Waals surface area contributed by atoms with E-state index in [0.717, 1.165) is 11.6 Å². The van der Waals surface area contributed by atoms with E-state index >= 15 is 0 Å². The van der Waals surface area contributed by atoms with Gasteiger partial charge in [0.05, 0.1) is 0 Å². The van der Waals surface area contributed by atoms with Crippen molar-refractivity contribution in [2.75, 3.05) is 37.9 Å². The van der Waals surface area contributed by atoms with Crippen LogP contribution in [0.25, 0.3) is 0 Å². The monoisotopic (exact) mass is 365 g/mol. The number of para-hydroxylation sites is 1. The highest BCUT2D eigenvalue weighted by molar-refractivity contribution is 5.94. The van der Waals surface area contributed by atoms with Crippen LogP contribution >= 0.6 is 0 Å². The molecule has 0 aromatic heterocycles. The molecule has 3 rings (SSSR count). The molecule has 1 atom stereocenters. The Kier molecular flexibility index (Phi) is 5.96. The summed E-state index contributed by atoms with van der Waals surface area (Å²) in [5.41, 5.74) is 4.44. The molecule has 142 valence electrons. The Balaban J connectivity index is 1.56. The predicted octanol–water partition coefficient (Wildman–Crippen LogP) is 2.54. The third-order valence-electron chi connectivity index (χ3n) is 4.76. The molecule has 0 saturated heterocycles. The maximum atomic E-state index is 11.9. The standard InChI is InChI=1S/C21H27N5O/c1-22-21(23-13-15-8-10-17(11-9-15)26(2)3)24-14-16-12-20(27)25-19-7-5-4-6-18(16)19/h4-11,16H,12-14H2,1-3H3,(H,25,27)(H2,22,23,24). The Morgan fingerprint density at radius 3 is 2.59 bits per heavy atom. The molecule has 1 aliphatic heterocycles. The van der Waals surface area contributed by atoms with Crippen molar-refractivity contribution >= 4 is 23.2 Å². The van der Waals surface area contributed by atoms with Crippen molar-refractivity contribution in [2.24, 2.45) is 4.99 Å². The normalized spacial score (nSPS) is 16.3. The number of aliphatic imine (C=N–C) groups is 1. The van der Waals surface area contributed by atoms with Gasteiger partial charge in [0.2, 0.25) is 5.91 Å². The summed E-state index contributed by atoms with van der Waals surface area (Å²) >= 11 is 0. The van der Waals surface area contributed by atoms with Gasteiger partial charge in [-0.1, -0.05) is 30.3 Å². The molecule has 6 heteroatoms. The second kappa shape index (κ2) is 8.58. The summed E-state index contributed by atoms with van der Waals surface area (Å²) in [6.45, 7) is 1.35. The molecule has 3 N–H and O–H groups in total. The Hall–Kier alpha value is -3.02. The molecule has 0 aliphatic carbocycles. The fraction of sp³-hybridized carbons (Fsp3) is 0.333. The topological polar surface area (TPSA) is 68.8 Å². The molecule has 2 aromatic rings. The maximum Gasteiger partial charge on any atom is 0.225 e. The van der Waals surface area contributed by atoms with Crippen LogP contribution in [0.1, 0.15) is 23.5 Å². The number of carbonyl (C=O) groups is 1. The molecule has 27 heavy (non-hydrogen) atoms. The van der Waals surface area contributed by atoms with E-state index < -0.39 is 0 Å². The van der Waals surface area contributed by atoms with E-state index in [9.17, 15) is 4.79 Å². The van der Waals surface area contributed by atoms with E-state index in [4.69, 9.17) is 0 Å². The molecular formula is C21H27N5O. The summed E-state index contributed by atoms with van der Waals surface area (Å²) in [5.74, 6) is 0.924. The van der Waals surface area contributed by atoms with Crippen LogP contribution in [0.5, 0.6) is 0 Å². The van der Waals surface area contributed by atoms with Crippen LogP contribution in [0.15, 0.2) is 53.5 Å². The van der Waals surface area contributed by atoms with Gasteiger partial charge in [0.15, 0.2) is 5.96 Å². The minimum atomic E-state index is 0.0597. The van der Waals surface area contributed by atoms with Crippen LogP contribution in [0.2, 0.25) is 0 Å². The summed E-state index contributed by atoms with van der Waals surface area (Å²) in [4.78, 5) is 18.3. The van der Waals surface area contributed by atoms with Crippen molar-refractivity contribution in [3.8, 4) is 0 Å². The lowest BCUT2D eigenvalue weighted by atomic mass is 9.90. The molecule has 0 spiro atoms. The van der Waals surface area contributed by atoms with Crippen LogP contribution in [0, 0.1) is 0 Å². The van der Waals surface area contributed by atoms with Crippen molar-refractivity contribution in [1.29, 1.82) is 0 Å². The molecule has 6 nitrogen and oxygen atoms in total. The van der Waals surface area contributed by atoms with Gasteiger partial charge in [-0.3, -0.25) is 9.79 Å². The average Bonchev–Trinajstić information content (AvgIpc) is 2.68. The maximum absolute atomic E-state index is 11.9. The Morgan fingerprint density at radius 2 is 1.89 bits per heavy atom. The minimum absolute atomic E-state index is 0.0597. The molecular weight excluding hydrogens is 338 g/mol. The Morgan fingerprint density at radius 1 is 1.15 bits per heavy atom. The second-order valence-corrected chi connectivity index (χ2v) is 6.90. The largest absolute Gasteiger partial charge is 0.378 e. The zero-order chi connectivity index (χ0) is 19.2. The fourth-order valence-electron chi connectivity index (χ4n) is 3.22. The van der Waals surface area contributed by atoms with E-state index in [2.05, 4.69) is 56.2 Å². The van der Waals surface area contributed by atoms with Crippen molar-refractivity contribution in [2.45, 2.75) is 18.9 Å². The van der Waals surface area contributed by atoms with Crippen molar-refractivity contribution in [3.05, 3.63) is 59.7 Å². The van der Waals surface area contributed by atoms with Crippen LogP contribution < -0.4 is 20.9 Å². The van der Waals surface area contributed by atoms with Crippen LogP contribution in [0.4, 0.5) is 11.4 Å². The molecule has 2 aromatic carbocycles. The summed E-state index contributed by atoms with van der Waals surface area (Å²) < 4.78 is 0. The van der Waals surface area contributed by atoms with Crippen molar-refractivity contribution < 1.29 is 4.79 Å². The van der Waals surface area contributed by atoms with Gasteiger partial charge in [-0.2, -0.15) is 0 Å². The highest BCUT2D eigenvalue weighted by Crippen LogP contribution is 2.31. The lowest BCUT2D eigenvalue weighted by Crippen LogP contribution is -2.40. The average molecular weight is 365 g/mol. The van der Waals surface area contributed by atoms with Gasteiger partial charge in [0.1, 0.15) is 0 Å².